The molecule has 0 aromatic carbocycles. The monoisotopic (exact) mass is 310 g/mol. The lowest BCUT2D eigenvalue weighted by Gasteiger charge is -2.26. The van der Waals surface area contributed by atoms with Gasteiger partial charge in [0.15, 0.2) is 0 Å². The SMILES string of the molecule is C1CCN(CCCNCCNCCN2CCCCCC2)CC1. The average Bonchev–Trinajstić information content (AvgIpc) is 2.83. The van der Waals surface area contributed by atoms with Crippen molar-refractivity contribution in [1.82, 2.24) is 20.4 Å². The van der Waals surface area contributed by atoms with Gasteiger partial charge in [0.1, 0.15) is 0 Å². The van der Waals surface area contributed by atoms with Crippen LogP contribution in [0, 0.1) is 0 Å². The summed E-state index contributed by atoms with van der Waals surface area (Å²) in [4.78, 5) is 5.26. The molecule has 2 N–H and O–H groups in total. The second kappa shape index (κ2) is 12.3. The molecule has 0 saturated carbocycles. The van der Waals surface area contributed by atoms with Crippen molar-refractivity contribution >= 4 is 0 Å². The van der Waals surface area contributed by atoms with Gasteiger partial charge in [-0.1, -0.05) is 19.3 Å². The van der Waals surface area contributed by atoms with Crippen LogP contribution in [-0.2, 0) is 0 Å². The van der Waals surface area contributed by atoms with Crippen LogP contribution in [0.2, 0.25) is 0 Å². The lowest BCUT2D eigenvalue weighted by Crippen LogP contribution is -2.36. The smallest absolute Gasteiger partial charge is 0.0107 e. The largest absolute Gasteiger partial charge is 0.315 e. The van der Waals surface area contributed by atoms with Gasteiger partial charge in [-0.25, -0.2) is 0 Å². The van der Waals surface area contributed by atoms with Crippen molar-refractivity contribution in [2.45, 2.75) is 51.4 Å². The molecule has 0 aliphatic carbocycles. The molecule has 2 aliphatic heterocycles. The molecular formula is C18H38N4. The number of nitrogens with one attached hydrogen (secondary N) is 2. The van der Waals surface area contributed by atoms with E-state index >= 15 is 0 Å². The second-order valence-corrected chi connectivity index (χ2v) is 7.01. The summed E-state index contributed by atoms with van der Waals surface area (Å²) >= 11 is 0. The van der Waals surface area contributed by atoms with Crippen LogP contribution in [0.25, 0.3) is 0 Å². The molecule has 0 atom stereocenters. The number of piperidine rings is 1. The first-order valence-corrected chi connectivity index (χ1v) is 9.81. The fourth-order valence-electron chi connectivity index (χ4n) is 3.63. The quantitative estimate of drug-likeness (QED) is 0.604. The standard InChI is InChI=1S/C18H38N4/c1-2-5-16-22(15-4-1)18-12-20-11-10-19-9-8-17-21-13-6-3-7-14-21/h19-20H,1-18H2. The Morgan fingerprint density at radius 2 is 1.00 bits per heavy atom. The Labute approximate surface area is 138 Å². The molecule has 0 bridgehead atoms. The lowest BCUT2D eigenvalue weighted by molar-refractivity contribution is 0.226. The summed E-state index contributed by atoms with van der Waals surface area (Å²) in [5.74, 6) is 0. The number of rotatable bonds is 10. The maximum atomic E-state index is 3.58. The van der Waals surface area contributed by atoms with E-state index < -0.39 is 0 Å². The van der Waals surface area contributed by atoms with Gasteiger partial charge in [0, 0.05) is 26.2 Å². The fourth-order valence-corrected chi connectivity index (χ4v) is 3.63. The molecule has 0 aromatic rings. The molecule has 22 heavy (non-hydrogen) atoms. The molecule has 0 radical (unpaired) electrons. The molecule has 130 valence electrons. The van der Waals surface area contributed by atoms with Crippen molar-refractivity contribution in [3.8, 4) is 0 Å². The van der Waals surface area contributed by atoms with Gasteiger partial charge in [0.25, 0.3) is 0 Å². The molecule has 0 unspecified atom stereocenters. The van der Waals surface area contributed by atoms with Crippen molar-refractivity contribution in [3.05, 3.63) is 0 Å². The highest BCUT2D eigenvalue weighted by atomic mass is 15.1. The molecule has 4 heteroatoms. The van der Waals surface area contributed by atoms with E-state index in [1.54, 1.807) is 0 Å². The van der Waals surface area contributed by atoms with Gasteiger partial charge in [0.05, 0.1) is 0 Å². The fraction of sp³-hybridized carbons (Fsp3) is 1.00. The third-order valence-corrected chi connectivity index (χ3v) is 5.06. The Kier molecular flexibility index (Phi) is 10.2. The number of hydrogen-bond acceptors (Lipinski definition) is 4. The summed E-state index contributed by atoms with van der Waals surface area (Å²) in [5.41, 5.74) is 0. The topological polar surface area (TPSA) is 30.5 Å². The van der Waals surface area contributed by atoms with Gasteiger partial charge in [0.2, 0.25) is 0 Å². The first-order chi connectivity index (χ1) is 10.9. The van der Waals surface area contributed by atoms with E-state index in [4.69, 9.17) is 0 Å². The molecule has 0 spiro atoms. The van der Waals surface area contributed by atoms with Crippen LogP contribution in [0.15, 0.2) is 0 Å². The molecule has 2 fully saturated rings. The highest BCUT2D eigenvalue weighted by Gasteiger charge is 2.09. The minimum absolute atomic E-state index is 1.11. The van der Waals surface area contributed by atoms with Gasteiger partial charge in [-0.15, -0.1) is 0 Å². The van der Waals surface area contributed by atoms with Gasteiger partial charge in [-0.05, 0) is 71.4 Å². The summed E-state index contributed by atoms with van der Waals surface area (Å²) in [5, 5.41) is 7.15. The van der Waals surface area contributed by atoms with E-state index in [0.717, 1.165) is 19.6 Å². The number of nitrogens with zero attached hydrogens (tertiary/aromatic N) is 2. The average molecular weight is 311 g/mol. The Bertz CT molecular complexity index is 245. The van der Waals surface area contributed by atoms with Crippen LogP contribution in [0.1, 0.15) is 51.4 Å². The van der Waals surface area contributed by atoms with Crippen molar-refractivity contribution in [2.24, 2.45) is 0 Å². The molecule has 2 heterocycles. The van der Waals surface area contributed by atoms with Crippen LogP contribution in [-0.4, -0.2) is 75.2 Å². The maximum absolute atomic E-state index is 3.58. The Balaban J connectivity index is 1.32. The summed E-state index contributed by atoms with van der Waals surface area (Å²) in [6, 6.07) is 0. The van der Waals surface area contributed by atoms with Crippen LogP contribution < -0.4 is 10.6 Å². The molecule has 2 saturated heterocycles. The van der Waals surface area contributed by atoms with Gasteiger partial charge in [-0.3, -0.25) is 0 Å². The highest BCUT2D eigenvalue weighted by Crippen LogP contribution is 2.09. The summed E-state index contributed by atoms with van der Waals surface area (Å²) in [6.07, 6.45) is 11.2. The Morgan fingerprint density at radius 1 is 0.500 bits per heavy atom. The van der Waals surface area contributed by atoms with Gasteiger partial charge in [-0.2, -0.15) is 0 Å². The van der Waals surface area contributed by atoms with Crippen LogP contribution in [0.4, 0.5) is 0 Å². The molecule has 2 rings (SSSR count). The Hall–Kier alpha value is -0.160. The summed E-state index contributed by atoms with van der Waals surface area (Å²) < 4.78 is 0. The normalized spacial score (nSPS) is 21.8. The van der Waals surface area contributed by atoms with Gasteiger partial charge >= 0.3 is 0 Å². The maximum Gasteiger partial charge on any atom is 0.0107 e. The van der Waals surface area contributed by atoms with Crippen molar-refractivity contribution in [3.63, 3.8) is 0 Å². The predicted octanol–water partition coefficient (Wildman–Crippen LogP) is 1.92. The van der Waals surface area contributed by atoms with E-state index in [9.17, 15) is 0 Å². The number of likely N-dealkylation sites (tertiary alicyclic amines) is 2. The lowest BCUT2D eigenvalue weighted by atomic mass is 10.1. The first-order valence-electron chi connectivity index (χ1n) is 9.81. The van der Waals surface area contributed by atoms with Crippen LogP contribution in [0.5, 0.6) is 0 Å². The number of hydrogen-bond donors (Lipinski definition) is 2. The summed E-state index contributed by atoms with van der Waals surface area (Å²) in [6.45, 7) is 12.4. The Morgan fingerprint density at radius 3 is 1.64 bits per heavy atom. The van der Waals surface area contributed by atoms with Crippen molar-refractivity contribution in [2.75, 3.05) is 65.4 Å². The highest BCUT2D eigenvalue weighted by molar-refractivity contribution is 4.66. The second-order valence-electron chi connectivity index (χ2n) is 7.01. The minimum Gasteiger partial charge on any atom is -0.315 e. The van der Waals surface area contributed by atoms with E-state index in [0.29, 0.717) is 0 Å². The third kappa shape index (κ3) is 8.47. The minimum atomic E-state index is 1.11. The van der Waals surface area contributed by atoms with Crippen LogP contribution >= 0.6 is 0 Å². The zero-order valence-electron chi connectivity index (χ0n) is 14.6. The molecule has 4 nitrogen and oxygen atoms in total. The van der Waals surface area contributed by atoms with Crippen LogP contribution in [0.3, 0.4) is 0 Å². The third-order valence-electron chi connectivity index (χ3n) is 5.06. The molecule has 0 amide bonds. The van der Waals surface area contributed by atoms with E-state index in [2.05, 4.69) is 20.4 Å². The van der Waals surface area contributed by atoms with E-state index in [1.165, 1.54) is 97.2 Å². The van der Waals surface area contributed by atoms with Gasteiger partial charge < -0.3 is 20.4 Å². The van der Waals surface area contributed by atoms with Crippen molar-refractivity contribution in [1.29, 1.82) is 0 Å². The van der Waals surface area contributed by atoms with E-state index in [-0.39, 0.29) is 0 Å². The molecule has 0 aromatic heterocycles. The first kappa shape index (κ1) is 18.2. The zero-order valence-corrected chi connectivity index (χ0v) is 14.6. The van der Waals surface area contributed by atoms with Crippen molar-refractivity contribution < 1.29 is 0 Å². The predicted molar refractivity (Wildman–Crippen MR) is 95.6 cm³/mol. The molecular weight excluding hydrogens is 272 g/mol. The zero-order chi connectivity index (χ0) is 15.3. The summed E-state index contributed by atoms with van der Waals surface area (Å²) in [7, 11) is 0. The molecule has 2 aliphatic rings. The van der Waals surface area contributed by atoms with E-state index in [1.807, 2.05) is 0 Å².